The van der Waals surface area contributed by atoms with Crippen LogP contribution >= 0.6 is 0 Å². The van der Waals surface area contributed by atoms with Crippen LogP contribution in [0, 0.1) is 0 Å². The van der Waals surface area contributed by atoms with Crippen LogP contribution < -0.4 is 5.32 Å². The number of morpholine rings is 1. The van der Waals surface area contributed by atoms with Crippen molar-refractivity contribution in [2.24, 2.45) is 0 Å². The number of nitrogens with zero attached hydrogens (tertiary/aromatic N) is 3. The molecule has 20 heavy (non-hydrogen) atoms. The second-order valence-corrected chi connectivity index (χ2v) is 5.60. The monoisotopic (exact) mass is 280 g/mol. The molecule has 1 aliphatic heterocycles. The molecule has 0 amide bonds. The van der Waals surface area contributed by atoms with Gasteiger partial charge in [0.25, 0.3) is 0 Å². The summed E-state index contributed by atoms with van der Waals surface area (Å²) >= 11 is 0. The third kappa shape index (κ3) is 2.75. The van der Waals surface area contributed by atoms with Gasteiger partial charge in [-0.3, -0.25) is 4.90 Å². The Kier molecular flexibility index (Phi) is 5.18. The lowest BCUT2D eigenvalue weighted by atomic mass is 9.86. The maximum absolute atomic E-state index is 5.51. The topological polar surface area (TPSA) is 42.3 Å². The molecule has 114 valence electrons. The molecule has 1 saturated heterocycles. The second kappa shape index (κ2) is 6.70. The van der Waals surface area contributed by atoms with Gasteiger partial charge >= 0.3 is 0 Å². The summed E-state index contributed by atoms with van der Waals surface area (Å²) in [6.45, 7) is 11.4. The van der Waals surface area contributed by atoms with E-state index in [1.807, 2.05) is 13.2 Å². The standard InChI is InChI=1S/C15H28N4O/c1-5-15(3,19-9-11-20-12-10-19)13(16-4)14-17-7-8-18(14)6-2/h7-8,13,16H,5-6,9-12H2,1-4H3. The van der Waals surface area contributed by atoms with Gasteiger partial charge in [0.05, 0.1) is 19.3 Å². The molecule has 2 atom stereocenters. The van der Waals surface area contributed by atoms with E-state index in [-0.39, 0.29) is 11.6 Å². The van der Waals surface area contributed by atoms with Crippen molar-refractivity contribution in [2.75, 3.05) is 33.4 Å². The van der Waals surface area contributed by atoms with Crippen LogP contribution in [0.5, 0.6) is 0 Å². The molecular weight excluding hydrogens is 252 g/mol. The van der Waals surface area contributed by atoms with Crippen LogP contribution in [0.3, 0.4) is 0 Å². The fourth-order valence-corrected chi connectivity index (χ4v) is 3.25. The Morgan fingerprint density at radius 3 is 2.65 bits per heavy atom. The van der Waals surface area contributed by atoms with Gasteiger partial charge in [0.1, 0.15) is 5.82 Å². The Morgan fingerprint density at radius 1 is 1.40 bits per heavy atom. The van der Waals surface area contributed by atoms with Gasteiger partial charge in [-0.15, -0.1) is 0 Å². The van der Waals surface area contributed by atoms with E-state index >= 15 is 0 Å². The molecule has 2 rings (SSSR count). The largest absolute Gasteiger partial charge is 0.379 e. The summed E-state index contributed by atoms with van der Waals surface area (Å²) in [6.07, 6.45) is 5.04. The molecule has 0 bridgehead atoms. The van der Waals surface area contributed by atoms with Gasteiger partial charge in [0, 0.05) is 37.6 Å². The summed E-state index contributed by atoms with van der Waals surface area (Å²) in [5.74, 6) is 1.13. The highest BCUT2D eigenvalue weighted by Gasteiger charge is 2.40. The van der Waals surface area contributed by atoms with Crippen molar-refractivity contribution in [3.05, 3.63) is 18.2 Å². The number of likely N-dealkylation sites (N-methyl/N-ethyl adjacent to an activating group) is 1. The van der Waals surface area contributed by atoms with E-state index in [2.05, 4.69) is 46.7 Å². The van der Waals surface area contributed by atoms with Crippen molar-refractivity contribution in [3.63, 3.8) is 0 Å². The summed E-state index contributed by atoms with van der Waals surface area (Å²) in [5, 5.41) is 3.50. The molecule has 0 radical (unpaired) electrons. The molecule has 0 spiro atoms. The number of aryl methyl sites for hydroxylation is 1. The van der Waals surface area contributed by atoms with E-state index in [0.29, 0.717) is 0 Å². The zero-order chi connectivity index (χ0) is 14.6. The van der Waals surface area contributed by atoms with Gasteiger partial charge < -0.3 is 14.6 Å². The van der Waals surface area contributed by atoms with Crippen molar-refractivity contribution < 1.29 is 4.74 Å². The highest BCUT2D eigenvalue weighted by Crippen LogP contribution is 2.34. The first-order valence-corrected chi connectivity index (χ1v) is 7.68. The second-order valence-electron chi connectivity index (χ2n) is 5.60. The van der Waals surface area contributed by atoms with Crippen molar-refractivity contribution in [2.45, 2.75) is 45.3 Å². The highest BCUT2D eigenvalue weighted by atomic mass is 16.5. The molecule has 0 aromatic carbocycles. The fourth-order valence-electron chi connectivity index (χ4n) is 3.25. The van der Waals surface area contributed by atoms with Crippen molar-refractivity contribution >= 4 is 0 Å². The minimum absolute atomic E-state index is 0.0524. The lowest BCUT2D eigenvalue weighted by Crippen LogP contribution is -2.57. The van der Waals surface area contributed by atoms with Gasteiger partial charge in [-0.1, -0.05) is 6.92 Å². The third-order valence-electron chi connectivity index (χ3n) is 4.71. The van der Waals surface area contributed by atoms with Crippen LogP contribution in [-0.4, -0.2) is 53.3 Å². The van der Waals surface area contributed by atoms with E-state index in [0.717, 1.165) is 45.1 Å². The summed E-state index contributed by atoms with van der Waals surface area (Å²) < 4.78 is 7.74. The number of aromatic nitrogens is 2. The van der Waals surface area contributed by atoms with Gasteiger partial charge in [-0.05, 0) is 27.3 Å². The first kappa shape index (κ1) is 15.5. The fraction of sp³-hybridized carbons (Fsp3) is 0.800. The molecule has 2 unspecified atom stereocenters. The van der Waals surface area contributed by atoms with E-state index in [9.17, 15) is 0 Å². The van der Waals surface area contributed by atoms with E-state index < -0.39 is 0 Å². The van der Waals surface area contributed by atoms with Crippen LogP contribution in [0.25, 0.3) is 0 Å². The van der Waals surface area contributed by atoms with Gasteiger partial charge in [0.15, 0.2) is 0 Å². The van der Waals surface area contributed by atoms with Crippen LogP contribution in [0.4, 0.5) is 0 Å². The smallest absolute Gasteiger partial charge is 0.127 e. The van der Waals surface area contributed by atoms with Crippen LogP contribution in [-0.2, 0) is 11.3 Å². The number of hydrogen-bond donors (Lipinski definition) is 1. The maximum atomic E-state index is 5.51. The third-order valence-corrected chi connectivity index (χ3v) is 4.71. The first-order chi connectivity index (χ1) is 9.67. The molecular formula is C15H28N4O. The average molecular weight is 280 g/mol. The lowest BCUT2D eigenvalue weighted by Gasteiger charge is -2.47. The Balaban J connectivity index is 2.30. The quantitative estimate of drug-likeness (QED) is 0.860. The predicted octanol–water partition coefficient (Wildman–Crippen LogP) is 1.66. The first-order valence-electron chi connectivity index (χ1n) is 7.68. The van der Waals surface area contributed by atoms with E-state index in [1.165, 1.54) is 0 Å². The molecule has 5 heteroatoms. The zero-order valence-electron chi connectivity index (χ0n) is 13.2. The molecule has 5 nitrogen and oxygen atoms in total. The van der Waals surface area contributed by atoms with Gasteiger partial charge in [0.2, 0.25) is 0 Å². The number of imidazole rings is 1. The molecule has 0 aliphatic carbocycles. The van der Waals surface area contributed by atoms with Crippen molar-refractivity contribution in [1.29, 1.82) is 0 Å². The van der Waals surface area contributed by atoms with E-state index in [4.69, 9.17) is 4.74 Å². The van der Waals surface area contributed by atoms with Crippen LogP contribution in [0.1, 0.15) is 39.1 Å². The number of hydrogen-bond acceptors (Lipinski definition) is 4. The van der Waals surface area contributed by atoms with Crippen molar-refractivity contribution in [3.8, 4) is 0 Å². The molecule has 0 saturated carbocycles. The number of rotatable bonds is 6. The van der Waals surface area contributed by atoms with E-state index in [1.54, 1.807) is 0 Å². The number of nitrogens with one attached hydrogen (secondary N) is 1. The Bertz CT molecular complexity index is 414. The Morgan fingerprint density at radius 2 is 2.10 bits per heavy atom. The average Bonchev–Trinajstić information content (AvgIpc) is 2.97. The molecule has 1 aliphatic rings. The number of ether oxygens (including phenoxy) is 1. The molecule has 1 aromatic heterocycles. The maximum Gasteiger partial charge on any atom is 0.127 e. The minimum Gasteiger partial charge on any atom is -0.379 e. The Hall–Kier alpha value is -0.910. The van der Waals surface area contributed by atoms with Gasteiger partial charge in [-0.25, -0.2) is 4.98 Å². The van der Waals surface area contributed by atoms with Gasteiger partial charge in [-0.2, -0.15) is 0 Å². The zero-order valence-corrected chi connectivity index (χ0v) is 13.2. The lowest BCUT2D eigenvalue weighted by molar-refractivity contribution is -0.0334. The molecule has 2 heterocycles. The van der Waals surface area contributed by atoms with Crippen LogP contribution in [0.15, 0.2) is 12.4 Å². The highest BCUT2D eigenvalue weighted by molar-refractivity contribution is 5.09. The molecule has 1 N–H and O–H groups in total. The summed E-state index contributed by atoms with van der Waals surface area (Å²) in [5.41, 5.74) is 0.0524. The molecule has 1 fully saturated rings. The molecule has 1 aromatic rings. The summed E-state index contributed by atoms with van der Waals surface area (Å²) in [4.78, 5) is 7.16. The van der Waals surface area contributed by atoms with Crippen LogP contribution in [0.2, 0.25) is 0 Å². The minimum atomic E-state index is 0.0524. The summed E-state index contributed by atoms with van der Waals surface area (Å²) in [7, 11) is 2.04. The Labute approximate surface area is 122 Å². The normalized spacial score (nSPS) is 21.6. The SMILES string of the molecule is CCn1ccnc1C(NC)C(C)(CC)N1CCOCC1. The summed E-state index contributed by atoms with van der Waals surface area (Å²) in [6, 6.07) is 0.223. The predicted molar refractivity (Wildman–Crippen MR) is 80.8 cm³/mol. The van der Waals surface area contributed by atoms with Crippen molar-refractivity contribution in [1.82, 2.24) is 19.8 Å².